The van der Waals surface area contributed by atoms with E-state index in [2.05, 4.69) is 10.3 Å². The number of aromatic nitrogens is 1. The maximum absolute atomic E-state index is 11.9. The normalized spacial score (nSPS) is 10.3. The number of ether oxygens (including phenoxy) is 2. The zero-order chi connectivity index (χ0) is 18.2. The average Bonchev–Trinajstić information content (AvgIpc) is 3.13. The van der Waals surface area contributed by atoms with Gasteiger partial charge < -0.3 is 14.8 Å². The number of hydrogen-bond donors (Lipinski definition) is 1. The van der Waals surface area contributed by atoms with Crippen molar-refractivity contribution in [1.29, 1.82) is 0 Å². The van der Waals surface area contributed by atoms with Crippen LogP contribution in [0.15, 0.2) is 60.0 Å². The van der Waals surface area contributed by atoms with Gasteiger partial charge in [0.25, 0.3) is 0 Å². The lowest BCUT2D eigenvalue weighted by Crippen LogP contribution is -2.06. The van der Waals surface area contributed by atoms with Gasteiger partial charge in [0.2, 0.25) is 0 Å². The number of nitrogens with one attached hydrogen (secondary N) is 1. The molecule has 3 rings (SSSR count). The third-order valence-electron chi connectivity index (χ3n) is 3.73. The first-order chi connectivity index (χ1) is 12.7. The summed E-state index contributed by atoms with van der Waals surface area (Å²) in [6, 6.07) is 17.5. The summed E-state index contributed by atoms with van der Waals surface area (Å²) in [4.78, 5) is 16.3. The molecule has 1 aromatic heterocycles. The smallest absolute Gasteiger partial charge is 0.306 e. The van der Waals surface area contributed by atoms with Crippen molar-refractivity contribution in [2.45, 2.75) is 19.4 Å². The summed E-state index contributed by atoms with van der Waals surface area (Å²) in [5.41, 5.74) is 2.79. The molecule has 26 heavy (non-hydrogen) atoms. The highest BCUT2D eigenvalue weighted by atomic mass is 32.1. The van der Waals surface area contributed by atoms with Gasteiger partial charge in [0, 0.05) is 17.5 Å². The Morgan fingerprint density at radius 1 is 1.12 bits per heavy atom. The first-order valence-electron chi connectivity index (χ1n) is 8.28. The van der Waals surface area contributed by atoms with Gasteiger partial charge in [0.1, 0.15) is 12.4 Å². The second-order valence-electron chi connectivity index (χ2n) is 5.64. The van der Waals surface area contributed by atoms with E-state index in [1.54, 1.807) is 7.11 Å². The van der Waals surface area contributed by atoms with E-state index >= 15 is 0 Å². The summed E-state index contributed by atoms with van der Waals surface area (Å²) in [5, 5.41) is 5.86. The molecule has 0 unspecified atom stereocenters. The molecule has 0 spiro atoms. The van der Waals surface area contributed by atoms with Crippen LogP contribution in [0.3, 0.4) is 0 Å². The van der Waals surface area contributed by atoms with Crippen molar-refractivity contribution in [3.63, 3.8) is 0 Å². The van der Waals surface area contributed by atoms with Crippen LogP contribution < -0.4 is 10.1 Å². The summed E-state index contributed by atoms with van der Waals surface area (Å²) >= 11 is 1.47. The molecule has 0 fully saturated rings. The van der Waals surface area contributed by atoms with Gasteiger partial charge >= 0.3 is 5.97 Å². The summed E-state index contributed by atoms with van der Waals surface area (Å²) in [6.45, 7) is 0.189. The molecule has 0 saturated heterocycles. The second kappa shape index (κ2) is 9.01. The molecule has 5 nitrogen and oxygen atoms in total. The standard InChI is InChI=1S/C20H20N2O3S/c1-24-18-10-8-16(9-11-18)21-20-22-17(14-26-20)13-25-19(23)12-7-15-5-3-2-4-6-15/h2-6,8-11,14H,7,12-13H2,1H3,(H,21,22). The molecule has 0 bridgehead atoms. The fourth-order valence-electron chi connectivity index (χ4n) is 2.35. The van der Waals surface area contributed by atoms with Gasteiger partial charge in [-0.1, -0.05) is 30.3 Å². The van der Waals surface area contributed by atoms with Crippen molar-refractivity contribution in [3.8, 4) is 5.75 Å². The largest absolute Gasteiger partial charge is 0.497 e. The molecular formula is C20H20N2O3S. The van der Waals surface area contributed by atoms with Gasteiger partial charge in [-0.3, -0.25) is 4.79 Å². The first-order valence-corrected chi connectivity index (χ1v) is 9.16. The summed E-state index contributed by atoms with van der Waals surface area (Å²) in [7, 11) is 1.64. The number of benzene rings is 2. The van der Waals surface area contributed by atoms with Gasteiger partial charge in [0.15, 0.2) is 5.13 Å². The fourth-order valence-corrected chi connectivity index (χ4v) is 3.06. The molecule has 0 amide bonds. The molecule has 0 radical (unpaired) electrons. The van der Waals surface area contributed by atoms with Crippen LogP contribution in [0.4, 0.5) is 10.8 Å². The Labute approximate surface area is 156 Å². The van der Waals surface area contributed by atoms with E-state index < -0.39 is 0 Å². The Kier molecular flexibility index (Phi) is 6.22. The lowest BCUT2D eigenvalue weighted by Gasteiger charge is -2.04. The number of rotatable bonds is 8. The Balaban J connectivity index is 1.45. The van der Waals surface area contributed by atoms with Crippen molar-refractivity contribution >= 4 is 28.1 Å². The Morgan fingerprint density at radius 3 is 2.62 bits per heavy atom. The number of carbonyl (C=O) groups excluding carboxylic acids is 1. The van der Waals surface area contributed by atoms with E-state index in [1.807, 2.05) is 60.0 Å². The van der Waals surface area contributed by atoms with Crippen LogP contribution in [0, 0.1) is 0 Å². The van der Waals surface area contributed by atoms with Gasteiger partial charge in [0.05, 0.1) is 12.8 Å². The predicted octanol–water partition coefficient (Wildman–Crippen LogP) is 4.57. The Hall–Kier alpha value is -2.86. The molecule has 1 N–H and O–H groups in total. The maximum atomic E-state index is 11.9. The topological polar surface area (TPSA) is 60.4 Å². The summed E-state index contributed by atoms with van der Waals surface area (Å²) in [6.07, 6.45) is 1.05. The second-order valence-corrected chi connectivity index (χ2v) is 6.50. The Bertz CT molecular complexity index is 832. The van der Waals surface area contributed by atoms with Crippen LogP contribution >= 0.6 is 11.3 Å². The molecule has 0 aliphatic rings. The number of nitrogens with zero attached hydrogens (tertiary/aromatic N) is 1. The van der Waals surface area contributed by atoms with Gasteiger partial charge in [-0.05, 0) is 36.2 Å². The van der Waals surface area contributed by atoms with E-state index in [4.69, 9.17) is 9.47 Å². The van der Waals surface area contributed by atoms with Gasteiger partial charge in [-0.25, -0.2) is 4.98 Å². The number of esters is 1. The third kappa shape index (κ3) is 5.32. The molecule has 0 aliphatic carbocycles. The fraction of sp³-hybridized carbons (Fsp3) is 0.200. The number of methoxy groups -OCH3 is 1. The molecule has 3 aromatic rings. The van der Waals surface area contributed by atoms with Crippen LogP contribution in [0.5, 0.6) is 5.75 Å². The molecule has 6 heteroatoms. The van der Waals surface area contributed by atoms with Crippen LogP contribution in [0.2, 0.25) is 0 Å². The van der Waals surface area contributed by atoms with Crippen molar-refractivity contribution in [2.24, 2.45) is 0 Å². The van der Waals surface area contributed by atoms with Crippen LogP contribution in [-0.4, -0.2) is 18.1 Å². The highest BCUT2D eigenvalue weighted by molar-refractivity contribution is 7.13. The summed E-state index contributed by atoms with van der Waals surface area (Å²) < 4.78 is 10.4. The number of anilines is 2. The van der Waals surface area contributed by atoms with Crippen molar-refractivity contribution in [3.05, 3.63) is 71.2 Å². The van der Waals surface area contributed by atoms with E-state index in [0.29, 0.717) is 12.8 Å². The lowest BCUT2D eigenvalue weighted by atomic mass is 10.1. The number of hydrogen-bond acceptors (Lipinski definition) is 6. The zero-order valence-corrected chi connectivity index (χ0v) is 15.3. The highest BCUT2D eigenvalue weighted by Gasteiger charge is 2.07. The Morgan fingerprint density at radius 2 is 1.88 bits per heavy atom. The average molecular weight is 368 g/mol. The highest BCUT2D eigenvalue weighted by Crippen LogP contribution is 2.23. The number of thiazole rings is 1. The number of aryl methyl sites for hydroxylation is 1. The SMILES string of the molecule is COc1ccc(Nc2nc(COC(=O)CCc3ccccc3)cs2)cc1. The monoisotopic (exact) mass is 368 g/mol. The van der Waals surface area contributed by atoms with E-state index in [9.17, 15) is 4.79 Å². The zero-order valence-electron chi connectivity index (χ0n) is 14.5. The minimum absolute atomic E-state index is 0.189. The molecular weight excluding hydrogens is 348 g/mol. The first kappa shape index (κ1) is 17.9. The van der Waals surface area contributed by atoms with Crippen LogP contribution in [0.25, 0.3) is 0 Å². The minimum Gasteiger partial charge on any atom is -0.497 e. The molecule has 1 heterocycles. The van der Waals surface area contributed by atoms with Crippen molar-refractivity contribution in [1.82, 2.24) is 4.98 Å². The molecule has 0 atom stereocenters. The molecule has 0 saturated carbocycles. The van der Waals surface area contributed by atoms with Crippen molar-refractivity contribution < 1.29 is 14.3 Å². The molecule has 134 valence electrons. The molecule has 2 aromatic carbocycles. The van der Waals surface area contributed by atoms with E-state index in [-0.39, 0.29) is 12.6 Å². The van der Waals surface area contributed by atoms with E-state index in [1.165, 1.54) is 11.3 Å². The quantitative estimate of drug-likeness (QED) is 0.590. The van der Waals surface area contributed by atoms with Crippen LogP contribution in [0.1, 0.15) is 17.7 Å². The predicted molar refractivity (Wildman–Crippen MR) is 103 cm³/mol. The number of carbonyl (C=O) groups is 1. The van der Waals surface area contributed by atoms with Crippen molar-refractivity contribution in [2.75, 3.05) is 12.4 Å². The lowest BCUT2D eigenvalue weighted by molar-refractivity contribution is -0.145. The summed E-state index contributed by atoms with van der Waals surface area (Å²) in [5.74, 6) is 0.587. The van der Waals surface area contributed by atoms with Gasteiger partial charge in [-0.2, -0.15) is 0 Å². The molecule has 0 aliphatic heterocycles. The third-order valence-corrected chi connectivity index (χ3v) is 4.54. The maximum Gasteiger partial charge on any atom is 0.306 e. The minimum atomic E-state index is -0.216. The van der Waals surface area contributed by atoms with Gasteiger partial charge in [-0.15, -0.1) is 11.3 Å². The van der Waals surface area contributed by atoms with E-state index in [0.717, 1.165) is 27.8 Å². The van der Waals surface area contributed by atoms with Crippen LogP contribution in [-0.2, 0) is 22.6 Å².